The average Bonchev–Trinajstić information content (AvgIpc) is 2.57. The van der Waals surface area contributed by atoms with Gasteiger partial charge in [0.1, 0.15) is 6.61 Å². The maximum absolute atomic E-state index is 12.1. The minimum Gasteiger partial charge on any atom is -0.469 e. The van der Waals surface area contributed by atoms with E-state index in [-0.39, 0.29) is 30.5 Å². The van der Waals surface area contributed by atoms with Gasteiger partial charge in [-0.05, 0) is 17.4 Å². The largest absolute Gasteiger partial charge is 0.469 e. The van der Waals surface area contributed by atoms with Crippen LogP contribution in [0, 0.1) is 17.8 Å². The van der Waals surface area contributed by atoms with E-state index in [2.05, 4.69) is 5.32 Å². The lowest BCUT2D eigenvalue weighted by Crippen LogP contribution is -2.51. The van der Waals surface area contributed by atoms with Crippen LogP contribution >= 0.6 is 0 Å². The molecule has 0 fully saturated rings. The molecular weight excluding hydrogens is 294 g/mol. The van der Waals surface area contributed by atoms with E-state index in [0.29, 0.717) is 0 Å². The molecule has 1 aromatic rings. The number of hydrogen-bond donors (Lipinski definition) is 1. The summed E-state index contributed by atoms with van der Waals surface area (Å²) >= 11 is 0. The summed E-state index contributed by atoms with van der Waals surface area (Å²) in [6, 6.07) is 9.11. The van der Waals surface area contributed by atoms with Crippen LogP contribution < -0.4 is 5.32 Å². The number of ether oxygens (including phenoxy) is 2. The minimum atomic E-state index is -0.526. The first-order valence-corrected chi connectivity index (χ1v) is 7.76. The number of rotatable bonds is 4. The van der Waals surface area contributed by atoms with E-state index < -0.39 is 12.0 Å². The highest BCUT2D eigenvalue weighted by Crippen LogP contribution is 2.29. The number of nitrogens with one attached hydrogen (secondary N) is 1. The zero-order valence-corrected chi connectivity index (χ0v) is 13.7. The second kappa shape index (κ2) is 7.81. The summed E-state index contributed by atoms with van der Waals surface area (Å²) in [4.78, 5) is 24.1. The van der Waals surface area contributed by atoms with Crippen LogP contribution in [0.15, 0.2) is 42.5 Å². The van der Waals surface area contributed by atoms with Crippen molar-refractivity contribution in [2.24, 2.45) is 17.8 Å². The fourth-order valence-electron chi connectivity index (χ4n) is 2.86. The van der Waals surface area contributed by atoms with Crippen LogP contribution in [-0.2, 0) is 20.9 Å². The van der Waals surface area contributed by atoms with Gasteiger partial charge < -0.3 is 14.8 Å². The van der Waals surface area contributed by atoms with Crippen molar-refractivity contribution in [1.82, 2.24) is 5.32 Å². The van der Waals surface area contributed by atoms with Crippen molar-refractivity contribution >= 4 is 12.1 Å². The highest BCUT2D eigenvalue weighted by Gasteiger charge is 2.39. The van der Waals surface area contributed by atoms with E-state index in [0.717, 1.165) is 5.56 Å². The topological polar surface area (TPSA) is 64.6 Å². The predicted molar refractivity (Wildman–Crippen MR) is 86.5 cm³/mol. The van der Waals surface area contributed by atoms with E-state index in [1.807, 2.05) is 56.3 Å². The number of amides is 1. The first kappa shape index (κ1) is 17.1. The van der Waals surface area contributed by atoms with Crippen molar-refractivity contribution in [2.75, 3.05) is 7.11 Å². The van der Waals surface area contributed by atoms with Crippen molar-refractivity contribution in [3.05, 3.63) is 48.0 Å². The smallest absolute Gasteiger partial charge is 0.407 e. The number of allylic oxidation sites excluding steroid dienone is 1. The molecule has 2 rings (SSSR count). The maximum atomic E-state index is 12.1. The minimum absolute atomic E-state index is 0.00178. The highest BCUT2D eigenvalue weighted by molar-refractivity contribution is 5.76. The number of benzene rings is 1. The zero-order chi connectivity index (χ0) is 16.8. The Labute approximate surface area is 136 Å². The van der Waals surface area contributed by atoms with Crippen molar-refractivity contribution in [3.63, 3.8) is 0 Å². The zero-order valence-electron chi connectivity index (χ0n) is 13.7. The molecule has 0 spiro atoms. The van der Waals surface area contributed by atoms with Crippen LogP contribution in [0.3, 0.4) is 0 Å². The van der Waals surface area contributed by atoms with Crippen LogP contribution in [0.25, 0.3) is 0 Å². The lowest BCUT2D eigenvalue weighted by Gasteiger charge is -2.35. The van der Waals surface area contributed by atoms with Gasteiger partial charge in [-0.2, -0.15) is 0 Å². The number of esters is 1. The summed E-state index contributed by atoms with van der Waals surface area (Å²) in [6.45, 7) is 4.09. The Bertz CT molecular complexity index is 570. The number of carbonyl (C=O) groups is 2. The summed E-state index contributed by atoms with van der Waals surface area (Å²) in [7, 11) is 1.36. The normalized spacial score (nSPS) is 26.4. The molecule has 23 heavy (non-hydrogen) atoms. The first-order chi connectivity index (χ1) is 11.0. The maximum Gasteiger partial charge on any atom is 0.407 e. The van der Waals surface area contributed by atoms with Crippen molar-refractivity contribution < 1.29 is 19.1 Å². The third kappa shape index (κ3) is 4.34. The molecule has 1 N–H and O–H groups in total. The SMILES string of the molecule is COC(=O)C1C(C)C=CC(C)C1NC(=O)OCc1ccccc1. The summed E-state index contributed by atoms with van der Waals surface area (Å²) in [5.74, 6) is -0.705. The standard InChI is InChI=1S/C18H23NO4/c1-12-9-10-13(2)16(15(12)17(20)22-3)19-18(21)23-11-14-7-5-4-6-8-14/h4-10,12-13,15-16H,11H2,1-3H3,(H,19,21). The number of carbonyl (C=O) groups excluding carboxylic acids is 2. The summed E-state index contributed by atoms with van der Waals surface area (Å²) < 4.78 is 10.1. The van der Waals surface area contributed by atoms with Gasteiger partial charge in [0.2, 0.25) is 0 Å². The molecule has 0 radical (unpaired) electrons. The molecule has 4 atom stereocenters. The van der Waals surface area contributed by atoms with Crippen LogP contribution in [0.2, 0.25) is 0 Å². The molecule has 1 amide bonds. The second-order valence-electron chi connectivity index (χ2n) is 5.88. The van der Waals surface area contributed by atoms with Crippen LogP contribution in [0.4, 0.5) is 4.79 Å². The van der Waals surface area contributed by atoms with Gasteiger partial charge >= 0.3 is 12.1 Å². The van der Waals surface area contributed by atoms with Crippen LogP contribution in [-0.4, -0.2) is 25.2 Å². The molecular formula is C18H23NO4. The van der Waals surface area contributed by atoms with Gasteiger partial charge in [-0.25, -0.2) is 4.79 Å². The van der Waals surface area contributed by atoms with Gasteiger partial charge in [-0.1, -0.05) is 56.3 Å². The summed E-state index contributed by atoms with van der Waals surface area (Å²) in [5, 5.41) is 2.82. The quantitative estimate of drug-likeness (QED) is 0.685. The molecule has 0 heterocycles. The Balaban J connectivity index is 1.99. The van der Waals surface area contributed by atoms with E-state index in [1.165, 1.54) is 7.11 Å². The van der Waals surface area contributed by atoms with E-state index in [4.69, 9.17) is 9.47 Å². The molecule has 0 saturated heterocycles. The Hall–Kier alpha value is -2.30. The van der Waals surface area contributed by atoms with Gasteiger partial charge in [0.05, 0.1) is 19.1 Å². The second-order valence-corrected chi connectivity index (χ2v) is 5.88. The third-order valence-electron chi connectivity index (χ3n) is 4.21. The number of methoxy groups -OCH3 is 1. The fourth-order valence-corrected chi connectivity index (χ4v) is 2.86. The predicted octanol–water partition coefficient (Wildman–Crippen LogP) is 2.91. The lowest BCUT2D eigenvalue weighted by molar-refractivity contribution is -0.148. The average molecular weight is 317 g/mol. The summed E-state index contributed by atoms with van der Waals surface area (Å²) in [6.07, 6.45) is 3.47. The van der Waals surface area contributed by atoms with Gasteiger partial charge in [0, 0.05) is 0 Å². The number of hydrogen-bond acceptors (Lipinski definition) is 4. The Morgan fingerprint density at radius 2 is 1.74 bits per heavy atom. The molecule has 1 aliphatic rings. The molecule has 4 unspecified atom stereocenters. The van der Waals surface area contributed by atoms with Gasteiger partial charge in [0.25, 0.3) is 0 Å². The first-order valence-electron chi connectivity index (χ1n) is 7.76. The fraction of sp³-hybridized carbons (Fsp3) is 0.444. The van der Waals surface area contributed by atoms with Gasteiger partial charge in [-0.15, -0.1) is 0 Å². The van der Waals surface area contributed by atoms with Crippen molar-refractivity contribution in [3.8, 4) is 0 Å². The molecule has 1 aromatic carbocycles. The summed E-state index contributed by atoms with van der Waals surface area (Å²) in [5.41, 5.74) is 0.914. The Kier molecular flexibility index (Phi) is 5.79. The molecule has 0 aromatic heterocycles. The molecule has 124 valence electrons. The third-order valence-corrected chi connectivity index (χ3v) is 4.21. The van der Waals surface area contributed by atoms with Crippen molar-refractivity contribution in [1.29, 1.82) is 0 Å². The Morgan fingerprint density at radius 3 is 2.39 bits per heavy atom. The molecule has 5 nitrogen and oxygen atoms in total. The molecule has 0 aliphatic heterocycles. The van der Waals surface area contributed by atoms with Gasteiger partial charge in [-0.3, -0.25) is 4.79 Å². The monoisotopic (exact) mass is 317 g/mol. The van der Waals surface area contributed by atoms with E-state index in [1.54, 1.807) is 0 Å². The molecule has 0 saturated carbocycles. The van der Waals surface area contributed by atoms with Crippen LogP contribution in [0.1, 0.15) is 19.4 Å². The van der Waals surface area contributed by atoms with E-state index in [9.17, 15) is 9.59 Å². The van der Waals surface area contributed by atoms with Gasteiger partial charge in [0.15, 0.2) is 0 Å². The molecule has 1 aliphatic carbocycles. The Morgan fingerprint density at radius 1 is 1.09 bits per heavy atom. The molecule has 0 bridgehead atoms. The lowest BCUT2D eigenvalue weighted by atomic mass is 9.76. The van der Waals surface area contributed by atoms with Crippen LogP contribution in [0.5, 0.6) is 0 Å². The van der Waals surface area contributed by atoms with E-state index >= 15 is 0 Å². The highest BCUT2D eigenvalue weighted by atomic mass is 16.5. The number of alkyl carbamates (subject to hydrolysis) is 1. The molecule has 5 heteroatoms. The van der Waals surface area contributed by atoms with Crippen molar-refractivity contribution in [2.45, 2.75) is 26.5 Å².